The molecule has 1 aromatic carbocycles. The molecule has 0 unspecified atom stereocenters. The van der Waals surface area contributed by atoms with Crippen molar-refractivity contribution in [2.45, 2.75) is 13.5 Å². The lowest BCUT2D eigenvalue weighted by Gasteiger charge is -2.04. The number of carbonyl (C=O) groups excluding carboxylic acids is 1. The van der Waals surface area contributed by atoms with Gasteiger partial charge in [-0.25, -0.2) is 4.79 Å². The van der Waals surface area contributed by atoms with Crippen molar-refractivity contribution in [2.75, 3.05) is 6.61 Å². The zero-order chi connectivity index (χ0) is 15.5. The van der Waals surface area contributed by atoms with Crippen LogP contribution in [0.25, 0.3) is 10.9 Å². The summed E-state index contributed by atoms with van der Waals surface area (Å²) < 4.78 is 6.65. The fraction of sp³-hybridized carbons (Fsp3) is 0.188. The lowest BCUT2D eigenvalue weighted by molar-refractivity contribution is 0.0526. The summed E-state index contributed by atoms with van der Waals surface area (Å²) >= 11 is 5.97. The van der Waals surface area contributed by atoms with Crippen LogP contribution in [0.5, 0.6) is 0 Å². The molecule has 0 aliphatic heterocycles. The van der Waals surface area contributed by atoms with Gasteiger partial charge >= 0.3 is 5.97 Å². The number of fused-ring (bicyclic) bond motifs is 1. The standard InChI is InChI=1S/C16H14ClN3O2/c1-2-22-16(21)13-7-19-20(10-13)9-11-3-4-15-12(5-11)6-14(17)8-18-15/h3-8,10H,2,9H2,1H3. The van der Waals surface area contributed by atoms with Crippen LogP contribution in [0, 0.1) is 0 Å². The van der Waals surface area contributed by atoms with Crippen molar-refractivity contribution in [3.05, 3.63) is 59.0 Å². The number of esters is 1. The molecule has 2 heterocycles. The van der Waals surface area contributed by atoms with Gasteiger partial charge in [-0.15, -0.1) is 0 Å². The van der Waals surface area contributed by atoms with E-state index in [4.69, 9.17) is 16.3 Å². The maximum absolute atomic E-state index is 11.6. The first-order valence-corrected chi connectivity index (χ1v) is 7.27. The van der Waals surface area contributed by atoms with Gasteiger partial charge in [-0.2, -0.15) is 5.10 Å². The Morgan fingerprint density at radius 1 is 1.32 bits per heavy atom. The van der Waals surface area contributed by atoms with E-state index in [0.29, 0.717) is 23.7 Å². The van der Waals surface area contributed by atoms with Crippen molar-refractivity contribution in [2.24, 2.45) is 0 Å². The van der Waals surface area contributed by atoms with Gasteiger partial charge in [0.15, 0.2) is 0 Å². The Morgan fingerprint density at radius 2 is 2.18 bits per heavy atom. The highest BCUT2D eigenvalue weighted by Crippen LogP contribution is 2.18. The molecule has 0 bridgehead atoms. The third kappa shape index (κ3) is 3.09. The molecule has 0 aliphatic carbocycles. The van der Waals surface area contributed by atoms with E-state index in [-0.39, 0.29) is 5.97 Å². The van der Waals surface area contributed by atoms with E-state index in [9.17, 15) is 4.79 Å². The van der Waals surface area contributed by atoms with Gasteiger partial charge in [0, 0.05) is 17.8 Å². The molecule has 0 radical (unpaired) electrons. The summed E-state index contributed by atoms with van der Waals surface area (Å²) in [5.74, 6) is -0.358. The minimum atomic E-state index is -0.358. The molecule has 0 atom stereocenters. The van der Waals surface area contributed by atoms with Crippen molar-refractivity contribution in [3.8, 4) is 0 Å². The largest absolute Gasteiger partial charge is 0.462 e. The van der Waals surface area contributed by atoms with Crippen LogP contribution in [-0.2, 0) is 11.3 Å². The molecule has 2 aromatic heterocycles. The summed E-state index contributed by atoms with van der Waals surface area (Å²) in [5, 5.41) is 5.77. The Labute approximate surface area is 132 Å². The maximum atomic E-state index is 11.6. The molecule has 6 heteroatoms. The molecule has 0 N–H and O–H groups in total. The third-order valence-electron chi connectivity index (χ3n) is 3.20. The highest BCUT2D eigenvalue weighted by Gasteiger charge is 2.09. The normalized spacial score (nSPS) is 10.8. The Hall–Kier alpha value is -2.40. The summed E-state index contributed by atoms with van der Waals surface area (Å²) in [5.41, 5.74) is 2.39. The molecule has 3 rings (SSSR count). The summed E-state index contributed by atoms with van der Waals surface area (Å²) in [6, 6.07) is 7.81. The predicted molar refractivity (Wildman–Crippen MR) is 84.0 cm³/mol. The molecular formula is C16H14ClN3O2. The van der Waals surface area contributed by atoms with Crippen LogP contribution in [0.1, 0.15) is 22.8 Å². The minimum absolute atomic E-state index is 0.350. The molecule has 3 aromatic rings. The smallest absolute Gasteiger partial charge is 0.341 e. The van der Waals surface area contributed by atoms with Gasteiger partial charge in [0.1, 0.15) is 0 Å². The minimum Gasteiger partial charge on any atom is -0.462 e. The highest BCUT2D eigenvalue weighted by atomic mass is 35.5. The van der Waals surface area contributed by atoms with Gasteiger partial charge in [0.25, 0.3) is 0 Å². The van der Waals surface area contributed by atoms with Crippen molar-refractivity contribution < 1.29 is 9.53 Å². The average Bonchev–Trinajstić information content (AvgIpc) is 2.96. The zero-order valence-electron chi connectivity index (χ0n) is 12.0. The zero-order valence-corrected chi connectivity index (χ0v) is 12.7. The van der Waals surface area contributed by atoms with Crippen LogP contribution >= 0.6 is 11.6 Å². The number of carbonyl (C=O) groups is 1. The predicted octanol–water partition coefficient (Wildman–Crippen LogP) is 3.31. The molecular weight excluding hydrogens is 302 g/mol. The Balaban J connectivity index is 1.82. The number of pyridine rings is 1. The van der Waals surface area contributed by atoms with Gasteiger partial charge in [-0.3, -0.25) is 9.67 Å². The first-order valence-electron chi connectivity index (χ1n) is 6.89. The second-order valence-corrected chi connectivity index (χ2v) is 5.26. The Kier molecular flexibility index (Phi) is 4.06. The lowest BCUT2D eigenvalue weighted by Crippen LogP contribution is -2.04. The van der Waals surface area contributed by atoms with E-state index < -0.39 is 0 Å². The number of rotatable bonds is 4. The van der Waals surface area contributed by atoms with Gasteiger partial charge in [-0.1, -0.05) is 17.7 Å². The monoisotopic (exact) mass is 315 g/mol. The van der Waals surface area contributed by atoms with E-state index >= 15 is 0 Å². The Morgan fingerprint density at radius 3 is 3.00 bits per heavy atom. The van der Waals surface area contributed by atoms with Crippen molar-refractivity contribution in [3.63, 3.8) is 0 Å². The number of benzene rings is 1. The lowest BCUT2D eigenvalue weighted by atomic mass is 10.1. The van der Waals surface area contributed by atoms with E-state index in [1.54, 1.807) is 24.0 Å². The second-order valence-electron chi connectivity index (χ2n) is 4.83. The number of hydrogen-bond donors (Lipinski definition) is 0. The molecule has 0 saturated heterocycles. The summed E-state index contributed by atoms with van der Waals surface area (Å²) in [4.78, 5) is 15.9. The number of aromatic nitrogens is 3. The summed E-state index contributed by atoms with van der Waals surface area (Å²) in [6.45, 7) is 2.68. The van der Waals surface area contributed by atoms with E-state index in [1.807, 2.05) is 24.3 Å². The van der Waals surface area contributed by atoms with Gasteiger partial charge in [0.05, 0.1) is 35.5 Å². The van der Waals surface area contributed by atoms with Crippen molar-refractivity contribution >= 4 is 28.5 Å². The topological polar surface area (TPSA) is 57.0 Å². The van der Waals surface area contributed by atoms with Gasteiger partial charge in [-0.05, 0) is 30.7 Å². The third-order valence-corrected chi connectivity index (χ3v) is 3.41. The van der Waals surface area contributed by atoms with Crippen LogP contribution in [0.2, 0.25) is 5.02 Å². The SMILES string of the molecule is CCOC(=O)c1cnn(Cc2ccc3ncc(Cl)cc3c2)c1. The molecule has 0 saturated carbocycles. The van der Waals surface area contributed by atoms with Crippen LogP contribution in [0.3, 0.4) is 0 Å². The van der Waals surface area contributed by atoms with E-state index in [1.165, 1.54) is 6.20 Å². The summed E-state index contributed by atoms with van der Waals surface area (Å²) in [7, 11) is 0. The molecule has 0 amide bonds. The quantitative estimate of drug-likeness (QED) is 0.693. The fourth-order valence-electron chi connectivity index (χ4n) is 2.21. The molecule has 5 nitrogen and oxygen atoms in total. The average molecular weight is 316 g/mol. The molecule has 0 spiro atoms. The molecule has 0 aliphatic rings. The number of hydrogen-bond acceptors (Lipinski definition) is 4. The van der Waals surface area contributed by atoms with Gasteiger partial charge < -0.3 is 4.74 Å². The van der Waals surface area contributed by atoms with Crippen LogP contribution in [0.4, 0.5) is 0 Å². The van der Waals surface area contributed by atoms with Crippen LogP contribution < -0.4 is 0 Å². The van der Waals surface area contributed by atoms with E-state index in [2.05, 4.69) is 10.1 Å². The molecule has 112 valence electrons. The second kappa shape index (κ2) is 6.15. The van der Waals surface area contributed by atoms with Gasteiger partial charge in [0.2, 0.25) is 0 Å². The molecule has 0 fully saturated rings. The van der Waals surface area contributed by atoms with Crippen molar-refractivity contribution in [1.29, 1.82) is 0 Å². The summed E-state index contributed by atoms with van der Waals surface area (Å²) in [6.07, 6.45) is 4.82. The van der Waals surface area contributed by atoms with Crippen LogP contribution in [-0.4, -0.2) is 27.3 Å². The van der Waals surface area contributed by atoms with Crippen LogP contribution in [0.15, 0.2) is 42.9 Å². The number of halogens is 1. The number of nitrogens with zero attached hydrogens (tertiary/aromatic N) is 3. The number of ether oxygens (including phenoxy) is 1. The fourth-order valence-corrected chi connectivity index (χ4v) is 2.38. The van der Waals surface area contributed by atoms with Crippen molar-refractivity contribution in [1.82, 2.24) is 14.8 Å². The molecule has 22 heavy (non-hydrogen) atoms. The first kappa shape index (κ1) is 14.5. The maximum Gasteiger partial charge on any atom is 0.341 e. The first-order chi connectivity index (χ1) is 10.7. The Bertz CT molecular complexity index is 829. The van der Waals surface area contributed by atoms with E-state index in [0.717, 1.165) is 16.5 Å². The highest BCUT2D eigenvalue weighted by molar-refractivity contribution is 6.31.